The molecule has 0 saturated heterocycles. The number of rotatable bonds is 19. The number of hydrogen-bond donors (Lipinski definition) is 3. The average Bonchev–Trinajstić information content (AvgIpc) is 2.61. The van der Waals surface area contributed by atoms with Gasteiger partial charge in [0, 0.05) is 6.42 Å². The molecule has 0 saturated carbocycles. The Bertz CT molecular complexity index is 404. The number of hydrogen-bond acceptors (Lipinski definition) is 5. The van der Waals surface area contributed by atoms with Gasteiger partial charge in [0.15, 0.2) is 0 Å². The van der Waals surface area contributed by atoms with Gasteiger partial charge in [0.25, 0.3) is 0 Å². The predicted octanol–water partition coefficient (Wildman–Crippen LogP) is 1.49. The molecule has 0 aliphatic heterocycles. The summed E-state index contributed by atoms with van der Waals surface area (Å²) in [4.78, 5) is 28.5. The molecule has 9 heteroatoms. The van der Waals surface area contributed by atoms with Crippen LogP contribution in [0.1, 0.15) is 96.8 Å². The van der Waals surface area contributed by atoms with E-state index in [-0.39, 0.29) is 36.2 Å². The van der Waals surface area contributed by atoms with E-state index in [1.807, 2.05) is 0 Å². The quantitative estimate of drug-likeness (QED) is 0.122. The molecule has 0 fully saturated rings. The second kappa shape index (κ2) is 20.8. The first-order chi connectivity index (χ1) is 12.8. The molecule has 28 heavy (non-hydrogen) atoms. The molecule has 7 nitrogen and oxygen atoms in total. The van der Waals surface area contributed by atoms with Crippen LogP contribution in [0.15, 0.2) is 0 Å². The Balaban J connectivity index is 0. The molecule has 0 aliphatic rings. The van der Waals surface area contributed by atoms with Crippen molar-refractivity contribution in [1.29, 1.82) is 0 Å². The van der Waals surface area contributed by atoms with Crippen molar-refractivity contribution in [2.24, 2.45) is 0 Å². The number of carbonyl (C=O) groups excluding carboxylic acids is 1. The molecule has 0 spiro atoms. The maximum atomic E-state index is 11.5. The van der Waals surface area contributed by atoms with Crippen molar-refractivity contribution in [1.82, 2.24) is 0 Å². The number of phosphoric acid groups is 1. The summed E-state index contributed by atoms with van der Waals surface area (Å²) >= 11 is 0. The van der Waals surface area contributed by atoms with E-state index in [4.69, 9.17) is 14.5 Å². The fourth-order valence-electron chi connectivity index (χ4n) is 2.78. The van der Waals surface area contributed by atoms with Crippen LogP contribution in [0, 0.1) is 0 Å². The second-order valence-electron chi connectivity index (χ2n) is 7.12. The van der Waals surface area contributed by atoms with Crippen molar-refractivity contribution in [2.45, 2.75) is 103 Å². The van der Waals surface area contributed by atoms with Gasteiger partial charge in [0.2, 0.25) is 0 Å². The van der Waals surface area contributed by atoms with Gasteiger partial charge in [0.05, 0.1) is 6.61 Å². The Hall–Kier alpha value is 0.540. The Labute approximate surface area is 192 Å². The Kier molecular flexibility index (Phi) is 22.8. The third kappa shape index (κ3) is 24.6. The number of aliphatic hydroxyl groups excluding tert-OH is 1. The molecule has 0 amide bonds. The molecular weight excluding hydrogens is 394 g/mol. The summed E-state index contributed by atoms with van der Waals surface area (Å²) in [5.74, 6) is -0.409. The Morgan fingerprint density at radius 3 is 1.68 bits per heavy atom. The van der Waals surface area contributed by atoms with E-state index in [1.165, 1.54) is 64.2 Å². The third-order valence-electron chi connectivity index (χ3n) is 4.36. The maximum absolute atomic E-state index is 11.5. The number of aliphatic hydroxyl groups is 1. The van der Waals surface area contributed by atoms with Crippen LogP contribution in [-0.4, -0.2) is 40.2 Å². The molecule has 0 aromatic heterocycles. The third-order valence-corrected chi connectivity index (χ3v) is 4.84. The minimum atomic E-state index is -4.61. The minimum Gasteiger partial charge on any atom is -0.463 e. The summed E-state index contributed by atoms with van der Waals surface area (Å²) in [5.41, 5.74) is 0. The zero-order chi connectivity index (χ0) is 20.4. The van der Waals surface area contributed by atoms with Gasteiger partial charge in [-0.3, -0.25) is 9.32 Å². The number of phosphoric ester groups is 1. The van der Waals surface area contributed by atoms with E-state index in [2.05, 4.69) is 11.4 Å². The minimum absolute atomic E-state index is 0. The van der Waals surface area contributed by atoms with Crippen LogP contribution < -0.4 is 29.6 Å². The van der Waals surface area contributed by atoms with Gasteiger partial charge in [-0.2, -0.15) is 0 Å². The van der Waals surface area contributed by atoms with Gasteiger partial charge in [-0.15, -0.1) is 0 Å². The predicted molar refractivity (Wildman–Crippen MR) is 105 cm³/mol. The van der Waals surface area contributed by atoms with Crippen molar-refractivity contribution < 1.29 is 63.1 Å². The maximum Gasteiger partial charge on any atom is 1.00 e. The fourth-order valence-corrected chi connectivity index (χ4v) is 3.15. The molecular formula is C19H39NaO7P+. The fraction of sp³-hybridized carbons (Fsp3) is 0.947. The molecule has 0 aliphatic carbocycles. The van der Waals surface area contributed by atoms with Crippen LogP contribution >= 0.6 is 7.82 Å². The normalized spacial score (nSPS) is 12.4. The van der Waals surface area contributed by atoms with Crippen molar-refractivity contribution in [3.63, 3.8) is 0 Å². The van der Waals surface area contributed by atoms with Crippen molar-refractivity contribution in [2.75, 3.05) is 13.2 Å². The van der Waals surface area contributed by atoms with E-state index in [0.29, 0.717) is 6.42 Å². The number of esters is 1. The second-order valence-corrected chi connectivity index (χ2v) is 8.36. The summed E-state index contributed by atoms with van der Waals surface area (Å²) < 4.78 is 19.5. The molecule has 0 aromatic rings. The van der Waals surface area contributed by atoms with Crippen molar-refractivity contribution >= 4 is 13.8 Å². The first-order valence-corrected chi connectivity index (χ1v) is 11.9. The summed E-state index contributed by atoms with van der Waals surface area (Å²) in [6.07, 6.45) is 15.1. The number of carbonyl (C=O) groups is 1. The smallest absolute Gasteiger partial charge is 0.463 e. The molecule has 0 rings (SSSR count). The molecule has 0 bridgehead atoms. The van der Waals surface area contributed by atoms with Gasteiger partial charge in [0.1, 0.15) is 12.7 Å². The molecule has 3 N–H and O–H groups in total. The number of ether oxygens (including phenoxy) is 1. The van der Waals surface area contributed by atoms with Crippen LogP contribution in [0.4, 0.5) is 0 Å². The molecule has 0 unspecified atom stereocenters. The van der Waals surface area contributed by atoms with Crippen LogP contribution in [0.25, 0.3) is 0 Å². The standard InChI is InChI=1S/C19H39O7P.Na/c1-2-3-4-5-6-7-8-9-10-11-12-13-14-15-19(21)25-16-18(20)17-26-27(22,23)24;/h18,20H,2-17H2,1H3,(H2,22,23,24);/q;+1/t18-;/m1./s1. The molecule has 0 radical (unpaired) electrons. The van der Waals surface area contributed by atoms with Crippen LogP contribution in [0.5, 0.6) is 0 Å². The topological polar surface area (TPSA) is 113 Å². The Morgan fingerprint density at radius 1 is 0.821 bits per heavy atom. The van der Waals surface area contributed by atoms with Crippen LogP contribution in [0.2, 0.25) is 0 Å². The molecule has 1 atom stereocenters. The summed E-state index contributed by atoms with van der Waals surface area (Å²) in [6, 6.07) is 0. The summed E-state index contributed by atoms with van der Waals surface area (Å²) in [7, 11) is -4.61. The molecule has 0 aromatic carbocycles. The van der Waals surface area contributed by atoms with Crippen molar-refractivity contribution in [3.05, 3.63) is 0 Å². The van der Waals surface area contributed by atoms with Gasteiger partial charge >= 0.3 is 43.3 Å². The average molecular weight is 433 g/mol. The van der Waals surface area contributed by atoms with E-state index in [0.717, 1.165) is 19.3 Å². The van der Waals surface area contributed by atoms with Crippen LogP contribution in [0.3, 0.4) is 0 Å². The van der Waals surface area contributed by atoms with Crippen molar-refractivity contribution in [3.8, 4) is 0 Å². The van der Waals surface area contributed by atoms with Gasteiger partial charge < -0.3 is 19.6 Å². The van der Waals surface area contributed by atoms with E-state index in [1.54, 1.807) is 0 Å². The van der Waals surface area contributed by atoms with Gasteiger partial charge in [-0.25, -0.2) is 4.57 Å². The molecule has 0 heterocycles. The molecule has 162 valence electrons. The Morgan fingerprint density at radius 2 is 1.25 bits per heavy atom. The zero-order valence-electron chi connectivity index (χ0n) is 17.8. The largest absolute Gasteiger partial charge is 1.00 e. The number of unbranched alkanes of at least 4 members (excludes halogenated alkanes) is 12. The first-order valence-electron chi connectivity index (χ1n) is 10.4. The first kappa shape index (κ1) is 30.7. The van der Waals surface area contributed by atoms with Gasteiger partial charge in [-0.05, 0) is 6.42 Å². The van der Waals surface area contributed by atoms with E-state index < -0.39 is 26.5 Å². The van der Waals surface area contributed by atoms with E-state index in [9.17, 15) is 14.5 Å². The summed E-state index contributed by atoms with van der Waals surface area (Å²) in [6.45, 7) is 1.34. The van der Waals surface area contributed by atoms with Crippen LogP contribution in [-0.2, 0) is 18.6 Å². The monoisotopic (exact) mass is 433 g/mol. The zero-order valence-corrected chi connectivity index (χ0v) is 20.7. The summed E-state index contributed by atoms with van der Waals surface area (Å²) in [5, 5.41) is 9.40. The van der Waals surface area contributed by atoms with Gasteiger partial charge in [-0.1, -0.05) is 84.0 Å². The SMILES string of the molecule is CCCCCCCCCCCCCCCC(=O)OC[C@@H](O)COP(=O)(O)O.[Na+]. The van der Waals surface area contributed by atoms with E-state index >= 15 is 0 Å².